The molecule has 0 saturated heterocycles. The van der Waals surface area contributed by atoms with Gasteiger partial charge in [-0.15, -0.1) is 0 Å². The fourth-order valence-electron chi connectivity index (χ4n) is 1.69. The molecular formula is C10H22N4. The summed E-state index contributed by atoms with van der Waals surface area (Å²) in [7, 11) is 4.15. The van der Waals surface area contributed by atoms with Crippen LogP contribution in [0.2, 0.25) is 0 Å². The molecule has 1 aliphatic heterocycles. The third kappa shape index (κ3) is 2.18. The highest BCUT2D eigenvalue weighted by atomic mass is 15.4. The second-order valence-corrected chi connectivity index (χ2v) is 4.48. The molecule has 2 N–H and O–H groups in total. The number of hydrogen-bond acceptors (Lipinski definition) is 4. The lowest BCUT2D eigenvalue weighted by molar-refractivity contribution is 0.198. The number of aliphatic imine (C=N–C) groups is 1. The highest BCUT2D eigenvalue weighted by molar-refractivity contribution is 5.80. The minimum Gasteiger partial charge on any atom is -0.370 e. The third-order valence-electron chi connectivity index (χ3n) is 3.04. The quantitative estimate of drug-likeness (QED) is 0.709. The Hall–Kier alpha value is -0.770. The van der Waals surface area contributed by atoms with Gasteiger partial charge in [-0.1, -0.05) is 6.92 Å². The van der Waals surface area contributed by atoms with Gasteiger partial charge in [0.15, 0.2) is 5.96 Å². The molecule has 0 saturated carbocycles. The van der Waals surface area contributed by atoms with Crippen LogP contribution in [0.25, 0.3) is 0 Å². The van der Waals surface area contributed by atoms with E-state index in [1.54, 1.807) is 0 Å². The van der Waals surface area contributed by atoms with E-state index in [0.717, 1.165) is 26.1 Å². The van der Waals surface area contributed by atoms with E-state index in [1.807, 2.05) is 0 Å². The predicted molar refractivity (Wildman–Crippen MR) is 60.4 cm³/mol. The summed E-state index contributed by atoms with van der Waals surface area (Å²) in [4.78, 5) is 8.72. The van der Waals surface area contributed by atoms with Crippen LogP contribution in [0.15, 0.2) is 4.99 Å². The maximum atomic E-state index is 5.87. The van der Waals surface area contributed by atoms with Gasteiger partial charge in [0.1, 0.15) is 0 Å². The van der Waals surface area contributed by atoms with Crippen LogP contribution in [0, 0.1) is 0 Å². The number of nitrogens with two attached hydrogens (primary N) is 1. The Balaban J connectivity index is 2.58. The maximum Gasteiger partial charge on any atom is 0.191 e. The summed E-state index contributed by atoms with van der Waals surface area (Å²) in [5, 5.41) is 0. The van der Waals surface area contributed by atoms with E-state index in [2.05, 4.69) is 42.7 Å². The van der Waals surface area contributed by atoms with Gasteiger partial charge in [0, 0.05) is 13.1 Å². The first-order chi connectivity index (χ1) is 6.49. The van der Waals surface area contributed by atoms with Crippen LogP contribution in [0.3, 0.4) is 0 Å². The Kier molecular flexibility index (Phi) is 3.37. The second kappa shape index (κ2) is 4.17. The Morgan fingerprint density at radius 1 is 1.57 bits per heavy atom. The monoisotopic (exact) mass is 198 g/mol. The highest BCUT2D eigenvalue weighted by Crippen LogP contribution is 2.24. The number of likely N-dealkylation sites (N-methyl/N-ethyl adjacent to an activating group) is 1. The number of rotatable bonds is 4. The van der Waals surface area contributed by atoms with Gasteiger partial charge < -0.3 is 15.5 Å². The zero-order valence-corrected chi connectivity index (χ0v) is 9.75. The van der Waals surface area contributed by atoms with Crippen LogP contribution in [0.1, 0.15) is 20.3 Å². The lowest BCUT2D eigenvalue weighted by Crippen LogP contribution is -2.51. The third-order valence-corrected chi connectivity index (χ3v) is 3.04. The molecule has 0 aromatic rings. The summed E-state index contributed by atoms with van der Waals surface area (Å²) in [5.74, 6) is 0.705. The average molecular weight is 198 g/mol. The minimum atomic E-state index is 0.139. The normalized spacial score (nSPS) is 27.2. The van der Waals surface area contributed by atoms with E-state index in [1.165, 1.54) is 0 Å². The van der Waals surface area contributed by atoms with Crippen LogP contribution in [-0.4, -0.2) is 55.0 Å². The van der Waals surface area contributed by atoms with Crippen molar-refractivity contribution in [1.82, 2.24) is 9.80 Å². The highest BCUT2D eigenvalue weighted by Gasteiger charge is 2.35. The van der Waals surface area contributed by atoms with E-state index in [-0.39, 0.29) is 5.54 Å². The Morgan fingerprint density at radius 2 is 2.21 bits per heavy atom. The molecule has 1 heterocycles. The number of nitrogens with zero attached hydrogens (tertiary/aromatic N) is 3. The SMILES string of the molecule is CCC1(C)CN=C(N)N1CCN(C)C. The Morgan fingerprint density at radius 3 is 2.71 bits per heavy atom. The summed E-state index contributed by atoms with van der Waals surface area (Å²) in [5.41, 5.74) is 6.01. The van der Waals surface area contributed by atoms with Gasteiger partial charge in [-0.05, 0) is 27.4 Å². The first-order valence-corrected chi connectivity index (χ1v) is 5.22. The van der Waals surface area contributed by atoms with E-state index >= 15 is 0 Å². The summed E-state index contributed by atoms with van der Waals surface area (Å²) in [6, 6.07) is 0. The fourth-order valence-corrected chi connectivity index (χ4v) is 1.69. The van der Waals surface area contributed by atoms with Gasteiger partial charge in [0.25, 0.3) is 0 Å². The van der Waals surface area contributed by atoms with Crippen molar-refractivity contribution in [2.75, 3.05) is 33.7 Å². The molecule has 1 aliphatic rings. The topological polar surface area (TPSA) is 44.9 Å². The van der Waals surface area contributed by atoms with Gasteiger partial charge in [0.2, 0.25) is 0 Å². The predicted octanol–water partition coefficient (Wildman–Crippen LogP) is 0.347. The summed E-state index contributed by atoms with van der Waals surface area (Å²) in [6.07, 6.45) is 1.09. The summed E-state index contributed by atoms with van der Waals surface area (Å²) < 4.78 is 0. The molecule has 0 bridgehead atoms. The smallest absolute Gasteiger partial charge is 0.191 e. The zero-order valence-electron chi connectivity index (χ0n) is 9.75. The number of guanidine groups is 1. The second-order valence-electron chi connectivity index (χ2n) is 4.48. The molecule has 1 rings (SSSR count). The van der Waals surface area contributed by atoms with Crippen LogP contribution in [0.4, 0.5) is 0 Å². The standard InChI is InChI=1S/C10H22N4/c1-5-10(2)8-12-9(11)14(10)7-6-13(3)4/h5-8H2,1-4H3,(H2,11,12). The van der Waals surface area contributed by atoms with Crippen molar-refractivity contribution in [2.24, 2.45) is 10.7 Å². The first-order valence-electron chi connectivity index (χ1n) is 5.22. The number of hydrogen-bond donors (Lipinski definition) is 1. The van der Waals surface area contributed by atoms with Crippen molar-refractivity contribution in [1.29, 1.82) is 0 Å². The maximum absolute atomic E-state index is 5.87. The molecule has 0 aromatic heterocycles. The molecule has 4 heteroatoms. The van der Waals surface area contributed by atoms with Gasteiger partial charge in [-0.2, -0.15) is 0 Å². The van der Waals surface area contributed by atoms with Crippen molar-refractivity contribution in [3.63, 3.8) is 0 Å². The van der Waals surface area contributed by atoms with Gasteiger partial charge in [-0.25, -0.2) is 0 Å². The molecule has 0 spiro atoms. The van der Waals surface area contributed by atoms with Crippen LogP contribution < -0.4 is 5.73 Å². The molecular weight excluding hydrogens is 176 g/mol. The van der Waals surface area contributed by atoms with Crippen LogP contribution in [0.5, 0.6) is 0 Å². The van der Waals surface area contributed by atoms with Crippen molar-refractivity contribution >= 4 is 5.96 Å². The van der Waals surface area contributed by atoms with E-state index in [9.17, 15) is 0 Å². The van der Waals surface area contributed by atoms with E-state index in [0.29, 0.717) is 5.96 Å². The lowest BCUT2D eigenvalue weighted by Gasteiger charge is -2.36. The molecule has 82 valence electrons. The van der Waals surface area contributed by atoms with Crippen LogP contribution in [-0.2, 0) is 0 Å². The first kappa shape index (κ1) is 11.3. The Labute approximate surface area is 86.8 Å². The largest absolute Gasteiger partial charge is 0.370 e. The molecule has 0 fully saturated rings. The van der Waals surface area contributed by atoms with Crippen molar-refractivity contribution < 1.29 is 0 Å². The molecule has 14 heavy (non-hydrogen) atoms. The Bertz CT molecular complexity index is 224. The molecule has 0 aliphatic carbocycles. The van der Waals surface area contributed by atoms with Crippen molar-refractivity contribution in [2.45, 2.75) is 25.8 Å². The van der Waals surface area contributed by atoms with Crippen LogP contribution >= 0.6 is 0 Å². The van der Waals surface area contributed by atoms with Gasteiger partial charge in [0.05, 0.1) is 12.1 Å². The summed E-state index contributed by atoms with van der Waals surface area (Å²) >= 11 is 0. The molecule has 1 atom stereocenters. The molecule has 4 nitrogen and oxygen atoms in total. The van der Waals surface area contributed by atoms with Gasteiger partial charge in [-0.3, -0.25) is 4.99 Å². The molecule has 0 amide bonds. The molecule has 1 unspecified atom stereocenters. The van der Waals surface area contributed by atoms with Crippen molar-refractivity contribution in [3.05, 3.63) is 0 Å². The zero-order chi connectivity index (χ0) is 10.8. The van der Waals surface area contributed by atoms with E-state index < -0.39 is 0 Å². The molecule has 0 aromatic carbocycles. The van der Waals surface area contributed by atoms with E-state index in [4.69, 9.17) is 5.73 Å². The fraction of sp³-hybridized carbons (Fsp3) is 0.900. The van der Waals surface area contributed by atoms with Crippen molar-refractivity contribution in [3.8, 4) is 0 Å². The van der Waals surface area contributed by atoms with Gasteiger partial charge >= 0.3 is 0 Å². The molecule has 0 radical (unpaired) electrons. The average Bonchev–Trinajstić information content (AvgIpc) is 2.41. The lowest BCUT2D eigenvalue weighted by atomic mass is 9.98. The summed E-state index contributed by atoms with van der Waals surface area (Å²) in [6.45, 7) is 7.24. The minimum absolute atomic E-state index is 0.139.